The van der Waals surface area contributed by atoms with Crippen molar-refractivity contribution in [2.75, 3.05) is 50.9 Å². The van der Waals surface area contributed by atoms with Gasteiger partial charge in [0.2, 0.25) is 5.95 Å². The molecule has 1 N–H and O–H groups in total. The highest BCUT2D eigenvalue weighted by Crippen LogP contribution is 2.41. The van der Waals surface area contributed by atoms with Crippen LogP contribution in [0.25, 0.3) is 0 Å². The fraction of sp³-hybridized carbons (Fsp3) is 0.560. The van der Waals surface area contributed by atoms with Crippen molar-refractivity contribution >= 4 is 11.9 Å². The second-order valence-electron chi connectivity index (χ2n) is 9.50. The molecule has 4 heterocycles. The van der Waals surface area contributed by atoms with Crippen molar-refractivity contribution in [2.45, 2.75) is 45.0 Å². The topological polar surface area (TPSA) is 88.0 Å². The summed E-state index contributed by atoms with van der Waals surface area (Å²) in [6.07, 6.45) is -4.00. The minimum Gasteiger partial charge on any atom is -0.475 e. The first-order valence-corrected chi connectivity index (χ1v) is 11.9. The van der Waals surface area contributed by atoms with Crippen LogP contribution in [-0.2, 0) is 32.8 Å². The number of ether oxygens (including phenoxy) is 2. The molecule has 2 fully saturated rings. The van der Waals surface area contributed by atoms with E-state index in [0.29, 0.717) is 6.61 Å². The molecular formula is C25H31F3N4O4. The Morgan fingerprint density at radius 1 is 1.11 bits per heavy atom. The number of aryl methyl sites for hydroxylation is 2. The number of likely N-dealkylation sites (tertiary alicyclic amines) is 1. The first kappa shape index (κ1) is 26.3. The molecule has 2 aromatic rings. The van der Waals surface area contributed by atoms with Crippen LogP contribution in [0.4, 0.5) is 19.1 Å². The molecule has 8 nitrogen and oxygen atoms in total. The number of carboxylic acid groups (broad SMARTS) is 1. The molecule has 5 rings (SSSR count). The quantitative estimate of drug-likeness (QED) is 0.676. The monoisotopic (exact) mass is 508 g/mol. The average Bonchev–Trinajstić information content (AvgIpc) is 3.24. The van der Waals surface area contributed by atoms with E-state index in [1.54, 1.807) is 0 Å². The third kappa shape index (κ3) is 5.79. The molecule has 1 aromatic heterocycles. The molecule has 0 amide bonds. The smallest absolute Gasteiger partial charge is 0.475 e. The van der Waals surface area contributed by atoms with Gasteiger partial charge in [-0.3, -0.25) is 4.90 Å². The lowest BCUT2D eigenvalue weighted by molar-refractivity contribution is -0.192. The lowest BCUT2D eigenvalue weighted by Crippen LogP contribution is -2.42. The van der Waals surface area contributed by atoms with E-state index in [0.717, 1.165) is 70.6 Å². The van der Waals surface area contributed by atoms with Crippen molar-refractivity contribution < 1.29 is 32.5 Å². The van der Waals surface area contributed by atoms with Crippen molar-refractivity contribution in [3.05, 3.63) is 52.3 Å². The number of aromatic nitrogens is 2. The number of anilines is 1. The first-order valence-electron chi connectivity index (χ1n) is 11.9. The molecule has 1 spiro atoms. The van der Waals surface area contributed by atoms with E-state index < -0.39 is 12.1 Å². The van der Waals surface area contributed by atoms with Gasteiger partial charge in [-0.05, 0) is 37.9 Å². The van der Waals surface area contributed by atoms with E-state index in [2.05, 4.69) is 47.9 Å². The normalized spacial score (nSPS) is 22.2. The Balaban J connectivity index is 0.000000384. The highest BCUT2D eigenvalue weighted by molar-refractivity contribution is 5.73. The number of hydrogen-bond acceptors (Lipinski definition) is 7. The minimum atomic E-state index is -5.08. The second-order valence-corrected chi connectivity index (χ2v) is 9.50. The maximum atomic E-state index is 10.6. The number of nitrogens with zero attached hydrogens (tertiary/aromatic N) is 4. The van der Waals surface area contributed by atoms with E-state index >= 15 is 0 Å². The van der Waals surface area contributed by atoms with Crippen LogP contribution in [0.5, 0.6) is 0 Å². The second kappa shape index (κ2) is 10.7. The third-order valence-corrected chi connectivity index (χ3v) is 6.95. The number of rotatable bonds is 3. The molecule has 0 aliphatic carbocycles. The molecule has 1 atom stereocenters. The lowest BCUT2D eigenvalue weighted by atomic mass is 9.80. The maximum Gasteiger partial charge on any atom is 0.490 e. The fourth-order valence-corrected chi connectivity index (χ4v) is 4.95. The van der Waals surface area contributed by atoms with E-state index in [4.69, 9.17) is 29.3 Å². The number of aliphatic carboxylic acids is 1. The van der Waals surface area contributed by atoms with Gasteiger partial charge in [0.25, 0.3) is 0 Å². The molecule has 0 radical (unpaired) electrons. The Morgan fingerprint density at radius 3 is 2.47 bits per heavy atom. The number of benzene rings is 1. The van der Waals surface area contributed by atoms with E-state index in [1.807, 2.05) is 0 Å². The van der Waals surface area contributed by atoms with Crippen LogP contribution in [0.15, 0.2) is 24.3 Å². The van der Waals surface area contributed by atoms with Gasteiger partial charge in [-0.1, -0.05) is 24.3 Å². The SMILES string of the molecule is Cc1ccccc1CN1CCC2(COCc3c(C)nc(N4CCOCC4)nc32)C1.O=C(O)C(F)(F)F. The molecule has 3 aliphatic rings. The van der Waals surface area contributed by atoms with Gasteiger partial charge in [0.15, 0.2) is 0 Å². The predicted octanol–water partition coefficient (Wildman–Crippen LogP) is 3.24. The molecule has 11 heteroatoms. The van der Waals surface area contributed by atoms with Gasteiger partial charge in [-0.15, -0.1) is 0 Å². The summed E-state index contributed by atoms with van der Waals surface area (Å²) < 4.78 is 43.3. The zero-order valence-corrected chi connectivity index (χ0v) is 20.5. The third-order valence-electron chi connectivity index (χ3n) is 6.95. The molecular weight excluding hydrogens is 477 g/mol. The van der Waals surface area contributed by atoms with Gasteiger partial charge < -0.3 is 19.5 Å². The van der Waals surface area contributed by atoms with Crippen LogP contribution in [0, 0.1) is 13.8 Å². The number of fused-ring (bicyclic) bond motifs is 2. The number of morpholine rings is 1. The highest BCUT2D eigenvalue weighted by atomic mass is 19.4. The largest absolute Gasteiger partial charge is 0.490 e. The Morgan fingerprint density at radius 2 is 1.81 bits per heavy atom. The van der Waals surface area contributed by atoms with Crippen molar-refractivity contribution in [3.63, 3.8) is 0 Å². The molecule has 36 heavy (non-hydrogen) atoms. The Bertz CT molecular complexity index is 1090. The van der Waals surface area contributed by atoms with E-state index in [1.165, 1.54) is 22.4 Å². The van der Waals surface area contributed by atoms with E-state index in [-0.39, 0.29) is 5.41 Å². The maximum absolute atomic E-state index is 10.6. The van der Waals surface area contributed by atoms with Crippen LogP contribution in [0.2, 0.25) is 0 Å². The summed E-state index contributed by atoms with van der Waals surface area (Å²) in [7, 11) is 0. The van der Waals surface area contributed by atoms with Gasteiger partial charge in [0, 0.05) is 37.4 Å². The summed E-state index contributed by atoms with van der Waals surface area (Å²) in [5.74, 6) is -1.89. The predicted molar refractivity (Wildman–Crippen MR) is 126 cm³/mol. The average molecular weight is 509 g/mol. The summed E-state index contributed by atoms with van der Waals surface area (Å²) in [6, 6.07) is 8.70. The number of carbonyl (C=O) groups is 1. The van der Waals surface area contributed by atoms with Gasteiger partial charge >= 0.3 is 12.1 Å². The zero-order chi connectivity index (χ0) is 25.9. The molecule has 196 valence electrons. The Kier molecular flexibility index (Phi) is 7.82. The van der Waals surface area contributed by atoms with Crippen LogP contribution in [-0.4, -0.2) is 78.1 Å². The zero-order valence-electron chi connectivity index (χ0n) is 20.5. The van der Waals surface area contributed by atoms with Gasteiger partial charge in [-0.25, -0.2) is 14.8 Å². The summed E-state index contributed by atoms with van der Waals surface area (Å²) in [4.78, 5) is 23.7. The molecule has 2 saturated heterocycles. The van der Waals surface area contributed by atoms with Crippen molar-refractivity contribution in [1.29, 1.82) is 0 Å². The summed E-state index contributed by atoms with van der Waals surface area (Å²) in [5, 5.41) is 7.12. The van der Waals surface area contributed by atoms with Crippen LogP contribution >= 0.6 is 0 Å². The number of halogens is 3. The standard InChI is InChI=1S/C23H30N4O2.C2HF3O2/c1-17-5-3-4-6-19(17)13-26-8-7-23(15-26)16-29-14-20-18(2)24-22(25-21(20)23)27-9-11-28-12-10-27;3-2(4,5)1(6)7/h3-6H,7-16H2,1-2H3;(H,6,7). The van der Waals surface area contributed by atoms with Gasteiger partial charge in [0.1, 0.15) is 0 Å². The first-order chi connectivity index (χ1) is 17.1. The van der Waals surface area contributed by atoms with Crippen LogP contribution in [0.1, 0.15) is 34.5 Å². The van der Waals surface area contributed by atoms with Crippen LogP contribution in [0.3, 0.4) is 0 Å². The molecule has 0 bridgehead atoms. The highest BCUT2D eigenvalue weighted by Gasteiger charge is 2.45. The van der Waals surface area contributed by atoms with Gasteiger partial charge in [0.05, 0.1) is 37.5 Å². The fourth-order valence-electron chi connectivity index (χ4n) is 4.95. The van der Waals surface area contributed by atoms with Crippen molar-refractivity contribution in [2.24, 2.45) is 0 Å². The Labute approximate surface area is 208 Å². The lowest BCUT2D eigenvalue weighted by Gasteiger charge is -2.36. The van der Waals surface area contributed by atoms with Gasteiger partial charge in [-0.2, -0.15) is 13.2 Å². The minimum absolute atomic E-state index is 0.0228. The summed E-state index contributed by atoms with van der Waals surface area (Å²) >= 11 is 0. The number of carboxylic acids is 1. The molecule has 0 saturated carbocycles. The molecule has 1 unspecified atom stereocenters. The summed E-state index contributed by atoms with van der Waals surface area (Å²) in [5.41, 5.74) is 6.24. The summed E-state index contributed by atoms with van der Waals surface area (Å²) in [6.45, 7) is 12.0. The molecule has 3 aliphatic heterocycles. The number of hydrogen-bond donors (Lipinski definition) is 1. The Hall–Kier alpha value is -2.76. The molecule has 1 aromatic carbocycles. The van der Waals surface area contributed by atoms with E-state index in [9.17, 15) is 13.2 Å². The van der Waals surface area contributed by atoms with Crippen molar-refractivity contribution in [1.82, 2.24) is 14.9 Å². The number of alkyl halides is 3. The van der Waals surface area contributed by atoms with Crippen LogP contribution < -0.4 is 4.90 Å². The van der Waals surface area contributed by atoms with Crippen molar-refractivity contribution in [3.8, 4) is 0 Å².